The number of carbonyl (C=O) groups is 2. The van der Waals surface area contributed by atoms with Crippen molar-refractivity contribution < 1.29 is 49.1 Å². The van der Waals surface area contributed by atoms with Crippen LogP contribution in [0, 0.1) is 16.6 Å². The van der Waals surface area contributed by atoms with Gasteiger partial charge in [-0.3, -0.25) is 14.5 Å². The number of hydrogen-bond donors (Lipinski definition) is 1. The van der Waals surface area contributed by atoms with Gasteiger partial charge in [-0.05, 0) is 54.0 Å². The van der Waals surface area contributed by atoms with Crippen LogP contribution in [-0.4, -0.2) is 74.1 Å². The highest BCUT2D eigenvalue weighted by Gasteiger charge is 2.64. The van der Waals surface area contributed by atoms with Gasteiger partial charge in [0.05, 0.1) is 47.2 Å². The molecular weight excluding hydrogens is 794 g/mol. The molecule has 1 fully saturated rings. The minimum Gasteiger partial charge on any atom is -0.463 e. The highest BCUT2D eigenvalue weighted by Crippen LogP contribution is 2.60. The van der Waals surface area contributed by atoms with E-state index in [1.807, 2.05) is 0 Å². The summed E-state index contributed by atoms with van der Waals surface area (Å²) < 4.78 is 116. The number of aromatic nitrogens is 5. The molecule has 0 radical (unpaired) electrons. The molecule has 0 spiro atoms. The van der Waals surface area contributed by atoms with Gasteiger partial charge in [0.1, 0.15) is 18.8 Å². The Morgan fingerprint density at radius 3 is 2.34 bits per heavy atom. The Bertz CT molecular complexity index is 2340. The van der Waals surface area contributed by atoms with Gasteiger partial charge in [-0.15, -0.1) is 0 Å². The van der Waals surface area contributed by atoms with Crippen LogP contribution in [0.3, 0.4) is 0 Å². The number of halogens is 7. The van der Waals surface area contributed by atoms with Crippen LogP contribution in [0.15, 0.2) is 60.1 Å². The molecule has 2 N–H and O–H groups in total. The largest absolute Gasteiger partial charge is 0.463 e. The summed E-state index contributed by atoms with van der Waals surface area (Å²) in [5, 5.41) is 7.56. The summed E-state index contributed by atoms with van der Waals surface area (Å²) in [6.45, 7) is 4.51. The average molecular weight is 829 g/mol. The first kappa shape index (κ1) is 40.7. The van der Waals surface area contributed by atoms with Gasteiger partial charge in [-0.1, -0.05) is 50.6 Å². The molecule has 2 atom stereocenters. The molecule has 3 heterocycles. The number of carbonyl (C=O) groups excluding carboxylic acids is 2. The SMILES string of the molecule is CC(C)(C)C[C@]1(c2ccc(-c3cnn(S(C)(=O)=O)c3)cc2F)N=C(N)N([C@H](COC(=O)CC2(C(F)(F)F)CC2)c2ccc(Cl)c(-n3ncnc3C(F)F)c2)C1=O. The van der Waals surface area contributed by atoms with Gasteiger partial charge < -0.3 is 10.5 Å². The van der Waals surface area contributed by atoms with Crippen LogP contribution >= 0.6 is 11.6 Å². The predicted molar refractivity (Wildman–Crippen MR) is 189 cm³/mol. The lowest BCUT2D eigenvalue weighted by atomic mass is 9.75. The third-order valence-corrected chi connectivity index (χ3v) is 10.8. The summed E-state index contributed by atoms with van der Waals surface area (Å²) >= 11 is 6.40. The second-order valence-electron chi connectivity index (χ2n) is 15.0. The topological polar surface area (TPSA) is 168 Å². The maximum absolute atomic E-state index is 16.4. The van der Waals surface area contributed by atoms with Crippen LogP contribution in [0.1, 0.15) is 75.9 Å². The van der Waals surface area contributed by atoms with Gasteiger partial charge in [0.2, 0.25) is 0 Å². The lowest BCUT2D eigenvalue weighted by Crippen LogP contribution is -2.47. The van der Waals surface area contributed by atoms with Crippen LogP contribution < -0.4 is 5.73 Å². The van der Waals surface area contributed by atoms with Crippen molar-refractivity contribution in [2.24, 2.45) is 21.6 Å². The zero-order valence-electron chi connectivity index (χ0n) is 30.2. The second-order valence-corrected chi connectivity index (χ2v) is 17.2. The number of hydrogen-bond acceptors (Lipinski definition) is 10. The van der Waals surface area contributed by atoms with Crippen LogP contribution in [-0.2, 0) is 29.9 Å². The molecule has 0 saturated heterocycles. The van der Waals surface area contributed by atoms with E-state index in [2.05, 4.69) is 20.2 Å². The van der Waals surface area contributed by atoms with Gasteiger partial charge in [0.15, 0.2) is 17.3 Å². The zero-order chi connectivity index (χ0) is 41.2. The first-order valence-electron chi connectivity index (χ1n) is 16.9. The van der Waals surface area contributed by atoms with E-state index < -0.39 is 87.5 Å². The summed E-state index contributed by atoms with van der Waals surface area (Å²) in [4.78, 5) is 36.9. The fourth-order valence-electron chi connectivity index (χ4n) is 6.73. The summed E-state index contributed by atoms with van der Waals surface area (Å²) in [7, 11) is -3.75. The molecule has 1 aliphatic carbocycles. The van der Waals surface area contributed by atoms with Crippen molar-refractivity contribution in [3.05, 3.63) is 82.9 Å². The maximum Gasteiger partial charge on any atom is 0.395 e. The predicted octanol–water partition coefficient (Wildman–Crippen LogP) is 6.47. The maximum atomic E-state index is 16.4. The molecule has 0 unspecified atom stereocenters. The molecule has 0 bridgehead atoms. The number of amides is 1. The summed E-state index contributed by atoms with van der Waals surface area (Å²) in [6, 6.07) is 6.23. The fraction of sp³-hybridized carbons (Fsp3) is 0.429. The first-order valence-corrected chi connectivity index (χ1v) is 19.1. The van der Waals surface area contributed by atoms with E-state index >= 15 is 4.39 Å². The van der Waals surface area contributed by atoms with Gasteiger partial charge >= 0.3 is 12.1 Å². The van der Waals surface area contributed by atoms with E-state index in [0.717, 1.165) is 28.2 Å². The Labute approximate surface area is 321 Å². The quantitative estimate of drug-likeness (QED) is 0.124. The molecule has 2 aromatic carbocycles. The van der Waals surface area contributed by atoms with Crippen molar-refractivity contribution >= 4 is 39.5 Å². The van der Waals surface area contributed by atoms with Crippen LogP contribution in [0.25, 0.3) is 16.8 Å². The van der Waals surface area contributed by atoms with E-state index in [0.29, 0.717) is 4.09 Å². The Morgan fingerprint density at radius 1 is 1.07 bits per heavy atom. The number of alkyl halides is 5. The number of aliphatic imine (C=N–C) groups is 1. The number of nitrogens with zero attached hydrogens (tertiary/aromatic N) is 7. The molecule has 2 aromatic heterocycles. The summed E-state index contributed by atoms with van der Waals surface area (Å²) in [5.41, 5.74) is 1.61. The number of rotatable bonds is 12. The van der Waals surface area contributed by atoms with Crippen molar-refractivity contribution in [3.8, 4) is 16.8 Å². The first-order chi connectivity index (χ1) is 26.0. The minimum atomic E-state index is -4.67. The number of esters is 1. The molecule has 6 rings (SSSR count). The average Bonchev–Trinajstić information content (AvgIpc) is 3.40. The number of benzene rings is 2. The lowest BCUT2D eigenvalue weighted by molar-refractivity contribution is -0.195. The van der Waals surface area contributed by atoms with Crippen LogP contribution in [0.4, 0.5) is 26.3 Å². The van der Waals surface area contributed by atoms with E-state index in [1.54, 1.807) is 20.8 Å². The molecule has 1 saturated carbocycles. The summed E-state index contributed by atoms with van der Waals surface area (Å²) in [6.07, 6.45) is -5.23. The summed E-state index contributed by atoms with van der Waals surface area (Å²) in [5.74, 6) is -4.30. The van der Waals surface area contributed by atoms with Gasteiger partial charge in [-0.2, -0.15) is 27.5 Å². The van der Waals surface area contributed by atoms with Gasteiger partial charge in [0, 0.05) is 11.1 Å². The minimum absolute atomic E-state index is 0.0571. The normalized spacial score (nSPS) is 19.0. The molecule has 13 nitrogen and oxygen atoms in total. The molecule has 1 amide bonds. The smallest absolute Gasteiger partial charge is 0.395 e. The Balaban J connectivity index is 1.43. The van der Waals surface area contributed by atoms with Crippen molar-refractivity contribution in [2.45, 2.75) is 70.6 Å². The van der Waals surface area contributed by atoms with Crippen molar-refractivity contribution in [3.63, 3.8) is 0 Å². The van der Waals surface area contributed by atoms with Crippen LogP contribution in [0.2, 0.25) is 5.02 Å². The Hall–Kier alpha value is -4.98. The fourth-order valence-corrected chi connectivity index (χ4v) is 7.46. The molecule has 56 heavy (non-hydrogen) atoms. The molecule has 1 aliphatic heterocycles. The van der Waals surface area contributed by atoms with Gasteiger partial charge in [-0.25, -0.2) is 36.2 Å². The Kier molecular flexibility index (Phi) is 10.3. The van der Waals surface area contributed by atoms with E-state index in [4.69, 9.17) is 22.1 Å². The lowest BCUT2D eigenvalue weighted by Gasteiger charge is -2.35. The molecular formula is C35H35ClF6N8O5S. The van der Waals surface area contributed by atoms with Crippen molar-refractivity contribution in [2.75, 3.05) is 12.9 Å². The van der Waals surface area contributed by atoms with E-state index in [9.17, 15) is 40.0 Å². The van der Waals surface area contributed by atoms with Crippen molar-refractivity contribution in [1.29, 1.82) is 0 Å². The number of ether oxygens (including phenoxy) is 1. The standard InChI is InChI=1S/C35H35ClF6N8O5S/c1-32(2,3)17-34(22-7-5-19(11-24(22)37)21-14-45-48(15-21)56(4,53)54)30(52)49(31(43)47-34)26(16-55-27(51)13-33(9-10-33)35(40,41)42)20-6-8-23(36)25(12-20)50-29(28(38)39)44-18-46-50/h5-8,11-12,14-15,18,26,28H,9-10,13,16-17H2,1-4H3,(H2,43,47)/t26-,34-/m1/s1. The number of guanidine groups is 1. The molecule has 4 aromatic rings. The monoisotopic (exact) mass is 828 g/mol. The number of nitrogens with two attached hydrogens (primary N) is 1. The van der Waals surface area contributed by atoms with Crippen molar-refractivity contribution in [1.82, 2.24) is 28.9 Å². The van der Waals surface area contributed by atoms with Gasteiger partial charge in [0.25, 0.3) is 22.4 Å². The third kappa shape index (κ3) is 7.72. The third-order valence-electron chi connectivity index (χ3n) is 9.56. The highest BCUT2D eigenvalue weighted by molar-refractivity contribution is 7.89. The zero-order valence-corrected chi connectivity index (χ0v) is 31.8. The Morgan fingerprint density at radius 2 is 1.77 bits per heavy atom. The molecule has 21 heteroatoms. The molecule has 2 aliphatic rings. The van der Waals surface area contributed by atoms with E-state index in [1.165, 1.54) is 42.7 Å². The second kappa shape index (κ2) is 14.2. The highest BCUT2D eigenvalue weighted by atomic mass is 35.5. The van der Waals surface area contributed by atoms with E-state index in [-0.39, 0.29) is 52.2 Å². The molecule has 300 valence electrons. The van der Waals surface area contributed by atoms with Crippen LogP contribution in [0.5, 0.6) is 0 Å².